The number of sulfonamides is 1. The summed E-state index contributed by atoms with van der Waals surface area (Å²) in [7, 11) is -6.41. The van der Waals surface area contributed by atoms with Crippen LogP contribution in [0.25, 0.3) is 0 Å². The highest BCUT2D eigenvalue weighted by atomic mass is 32.2. The summed E-state index contributed by atoms with van der Waals surface area (Å²) in [6.45, 7) is 4.63. The maximum Gasteiger partial charge on any atom is 0.211 e. The number of rotatable bonds is 7. The van der Waals surface area contributed by atoms with Gasteiger partial charge in [-0.15, -0.1) is 0 Å². The Kier molecular flexibility index (Phi) is 5.57. The van der Waals surface area contributed by atoms with Crippen LogP contribution in [-0.4, -0.2) is 52.7 Å². The van der Waals surface area contributed by atoms with Gasteiger partial charge in [-0.25, -0.2) is 21.6 Å². The van der Waals surface area contributed by atoms with Gasteiger partial charge in [0.15, 0.2) is 9.84 Å². The fourth-order valence-electron chi connectivity index (χ4n) is 1.85. The van der Waals surface area contributed by atoms with Gasteiger partial charge in [-0.2, -0.15) is 0 Å². The summed E-state index contributed by atoms with van der Waals surface area (Å²) in [5.74, 6) is 0.0365. The van der Waals surface area contributed by atoms with Crippen molar-refractivity contribution in [1.29, 1.82) is 0 Å². The molecular formula is C10H22N2O4S2. The van der Waals surface area contributed by atoms with E-state index in [0.717, 1.165) is 0 Å². The third-order valence-corrected chi connectivity index (χ3v) is 6.01. The van der Waals surface area contributed by atoms with Gasteiger partial charge in [0.05, 0.1) is 17.3 Å². The van der Waals surface area contributed by atoms with Crippen LogP contribution in [0, 0.1) is 0 Å². The first-order chi connectivity index (χ1) is 8.20. The number of hydrogen-bond acceptors (Lipinski definition) is 5. The van der Waals surface area contributed by atoms with Crippen LogP contribution in [0.3, 0.4) is 0 Å². The zero-order valence-corrected chi connectivity index (χ0v) is 12.5. The van der Waals surface area contributed by atoms with Gasteiger partial charge in [-0.3, -0.25) is 0 Å². The quantitative estimate of drug-likeness (QED) is 0.617. The van der Waals surface area contributed by atoms with E-state index >= 15 is 0 Å². The van der Waals surface area contributed by atoms with E-state index in [4.69, 9.17) is 0 Å². The molecule has 18 heavy (non-hydrogen) atoms. The molecule has 8 heteroatoms. The minimum Gasteiger partial charge on any atom is -0.314 e. The summed E-state index contributed by atoms with van der Waals surface area (Å²) < 4.78 is 48.3. The first kappa shape index (κ1) is 15.9. The van der Waals surface area contributed by atoms with Gasteiger partial charge < -0.3 is 5.32 Å². The molecule has 6 nitrogen and oxygen atoms in total. The molecule has 1 saturated heterocycles. The van der Waals surface area contributed by atoms with Crippen molar-refractivity contribution >= 4 is 19.9 Å². The van der Waals surface area contributed by atoms with Gasteiger partial charge in [-0.05, 0) is 19.4 Å². The Morgan fingerprint density at radius 2 is 2.00 bits per heavy atom. The smallest absolute Gasteiger partial charge is 0.211 e. The van der Waals surface area contributed by atoms with Crippen molar-refractivity contribution < 1.29 is 16.8 Å². The second-order valence-electron chi connectivity index (χ2n) is 5.00. The van der Waals surface area contributed by atoms with E-state index in [1.807, 2.05) is 13.8 Å². The molecule has 1 heterocycles. The van der Waals surface area contributed by atoms with Crippen molar-refractivity contribution in [2.75, 3.05) is 23.8 Å². The Hall–Kier alpha value is -0.180. The molecule has 108 valence electrons. The van der Waals surface area contributed by atoms with E-state index < -0.39 is 25.9 Å². The Morgan fingerprint density at radius 1 is 1.33 bits per heavy atom. The van der Waals surface area contributed by atoms with Crippen LogP contribution in [0.5, 0.6) is 0 Å². The van der Waals surface area contributed by atoms with Crippen molar-refractivity contribution in [2.45, 2.75) is 38.8 Å². The van der Waals surface area contributed by atoms with Crippen molar-refractivity contribution in [3.05, 3.63) is 0 Å². The lowest BCUT2D eigenvalue weighted by atomic mass is 10.3. The average Bonchev–Trinajstić information content (AvgIpc) is 2.52. The molecule has 1 atom stereocenters. The van der Waals surface area contributed by atoms with Crippen molar-refractivity contribution in [3.63, 3.8) is 0 Å². The fourth-order valence-corrected chi connectivity index (χ4v) is 4.98. The Balaban J connectivity index is 2.32. The summed E-state index contributed by atoms with van der Waals surface area (Å²) in [5, 5.41) is 3.14. The van der Waals surface area contributed by atoms with E-state index in [-0.39, 0.29) is 17.3 Å². The second-order valence-corrected chi connectivity index (χ2v) is 9.10. The highest BCUT2D eigenvalue weighted by Gasteiger charge is 2.30. The largest absolute Gasteiger partial charge is 0.314 e. The third kappa shape index (κ3) is 6.12. The van der Waals surface area contributed by atoms with Gasteiger partial charge in [-0.1, -0.05) is 13.8 Å². The summed E-state index contributed by atoms with van der Waals surface area (Å²) in [6.07, 6.45) is 0.902. The van der Waals surface area contributed by atoms with Gasteiger partial charge in [0.1, 0.15) is 0 Å². The van der Waals surface area contributed by atoms with Crippen LogP contribution in [0.15, 0.2) is 0 Å². The van der Waals surface area contributed by atoms with Crippen molar-refractivity contribution in [2.24, 2.45) is 0 Å². The van der Waals surface area contributed by atoms with Gasteiger partial charge in [0.2, 0.25) is 10.0 Å². The van der Waals surface area contributed by atoms with E-state index in [2.05, 4.69) is 10.0 Å². The number of nitrogens with one attached hydrogen (secondary N) is 2. The van der Waals surface area contributed by atoms with Crippen molar-refractivity contribution in [1.82, 2.24) is 10.0 Å². The Labute approximate surface area is 110 Å². The fraction of sp³-hybridized carbons (Fsp3) is 1.00. The van der Waals surface area contributed by atoms with E-state index in [0.29, 0.717) is 25.4 Å². The maximum absolute atomic E-state index is 11.7. The lowest BCUT2D eigenvalue weighted by Crippen LogP contribution is -2.38. The van der Waals surface area contributed by atoms with E-state index in [9.17, 15) is 16.8 Å². The predicted molar refractivity (Wildman–Crippen MR) is 71.7 cm³/mol. The molecular weight excluding hydrogens is 276 g/mol. The van der Waals surface area contributed by atoms with Crippen LogP contribution in [0.2, 0.25) is 0 Å². The van der Waals surface area contributed by atoms with Gasteiger partial charge in [0.25, 0.3) is 0 Å². The highest BCUT2D eigenvalue weighted by molar-refractivity contribution is 7.92. The Bertz CT molecular complexity index is 456. The molecule has 1 unspecified atom stereocenters. The SMILES string of the molecule is CC(C)NCCCS(=O)(=O)NC1CCS(=O)(=O)C1. The van der Waals surface area contributed by atoms with Crippen LogP contribution in [0.1, 0.15) is 26.7 Å². The van der Waals surface area contributed by atoms with Crippen LogP contribution in [0.4, 0.5) is 0 Å². The monoisotopic (exact) mass is 298 g/mol. The normalized spacial score (nSPS) is 23.6. The molecule has 1 rings (SSSR count). The molecule has 0 saturated carbocycles. The zero-order valence-electron chi connectivity index (χ0n) is 10.8. The molecule has 0 bridgehead atoms. The molecule has 0 radical (unpaired) electrons. The van der Waals surface area contributed by atoms with Crippen molar-refractivity contribution in [3.8, 4) is 0 Å². The van der Waals surface area contributed by atoms with Gasteiger partial charge >= 0.3 is 0 Å². The molecule has 0 aromatic rings. The van der Waals surface area contributed by atoms with E-state index in [1.165, 1.54) is 0 Å². The maximum atomic E-state index is 11.7. The lowest BCUT2D eigenvalue weighted by molar-refractivity contribution is 0.549. The van der Waals surface area contributed by atoms with Crippen LogP contribution < -0.4 is 10.0 Å². The molecule has 0 aromatic carbocycles. The summed E-state index contributed by atoms with van der Waals surface area (Å²) in [6, 6.07) is -0.112. The molecule has 0 aliphatic carbocycles. The minimum absolute atomic E-state index is 0.0310. The zero-order chi connectivity index (χ0) is 13.8. The number of sulfone groups is 1. The highest BCUT2D eigenvalue weighted by Crippen LogP contribution is 2.12. The second kappa shape index (κ2) is 6.31. The first-order valence-electron chi connectivity index (χ1n) is 6.14. The average molecular weight is 298 g/mol. The summed E-state index contributed by atoms with van der Waals surface area (Å²) >= 11 is 0. The number of hydrogen-bond donors (Lipinski definition) is 2. The Morgan fingerprint density at radius 3 is 2.50 bits per heavy atom. The van der Waals surface area contributed by atoms with Crippen LogP contribution >= 0.6 is 0 Å². The van der Waals surface area contributed by atoms with Crippen LogP contribution in [-0.2, 0) is 19.9 Å². The predicted octanol–water partition coefficient (Wildman–Crippen LogP) is -0.519. The summed E-state index contributed by atoms with van der Waals surface area (Å²) in [5.41, 5.74) is 0. The molecule has 1 aliphatic heterocycles. The minimum atomic E-state index is -3.37. The van der Waals surface area contributed by atoms with Gasteiger partial charge in [0, 0.05) is 12.1 Å². The molecule has 2 N–H and O–H groups in total. The standard InChI is InChI=1S/C10H22N2O4S2/c1-9(2)11-5-3-6-18(15,16)12-10-4-7-17(13,14)8-10/h9-12H,3-8H2,1-2H3. The lowest BCUT2D eigenvalue weighted by Gasteiger charge is -2.12. The summed E-state index contributed by atoms with van der Waals surface area (Å²) in [4.78, 5) is 0. The molecule has 0 aromatic heterocycles. The molecule has 0 spiro atoms. The molecule has 1 fully saturated rings. The molecule has 1 aliphatic rings. The topological polar surface area (TPSA) is 92.3 Å². The molecule has 0 amide bonds. The first-order valence-corrected chi connectivity index (χ1v) is 9.61. The third-order valence-electron chi connectivity index (χ3n) is 2.72. The van der Waals surface area contributed by atoms with E-state index in [1.54, 1.807) is 0 Å².